The van der Waals surface area contributed by atoms with E-state index in [9.17, 15) is 35.1 Å². The Bertz CT molecular complexity index is 1000. The van der Waals surface area contributed by atoms with Gasteiger partial charge in [-0.3, -0.25) is 4.98 Å². The smallest absolute Gasteiger partial charge is 0.176 e. The van der Waals surface area contributed by atoms with Crippen LogP contribution in [0.4, 0.5) is 40.8 Å². The number of pyridine rings is 1. The zero-order chi connectivity index (χ0) is 23.6. The zero-order valence-electron chi connectivity index (χ0n) is 15.5. The molecule has 12 heteroatoms. The minimum Gasteiger partial charge on any atom is -0.378 e. The van der Waals surface area contributed by atoms with Crippen molar-refractivity contribution in [1.29, 1.82) is 0 Å². The third-order valence-corrected chi connectivity index (χ3v) is 5.49. The van der Waals surface area contributed by atoms with Gasteiger partial charge in [-0.2, -0.15) is 0 Å². The Hall–Kier alpha value is -1.96. The molecule has 0 N–H and O–H groups in total. The van der Waals surface area contributed by atoms with Crippen molar-refractivity contribution in [3.8, 4) is 11.1 Å². The standard InChI is InChI=1S/C12BrF8I.C7H10N2/c13-3-8(18)4(14)1(5(15)9(3)19)2-6(16)10(20)12(22)11(21)7(2)17;1-9(2)7-3-5-8-6-4-7/h;3-6H,1-2H3. The van der Waals surface area contributed by atoms with Crippen molar-refractivity contribution in [3.63, 3.8) is 0 Å². The molecule has 0 aliphatic heterocycles. The Morgan fingerprint density at radius 1 is 0.677 bits per heavy atom. The van der Waals surface area contributed by atoms with Crippen LogP contribution < -0.4 is 4.90 Å². The first kappa shape index (κ1) is 25.3. The number of benzene rings is 2. The number of hydrogen-bond donors (Lipinski definition) is 0. The van der Waals surface area contributed by atoms with Crippen molar-refractivity contribution in [2.24, 2.45) is 0 Å². The lowest BCUT2D eigenvalue weighted by atomic mass is 10.0. The maximum atomic E-state index is 13.7. The summed E-state index contributed by atoms with van der Waals surface area (Å²) in [5, 5.41) is 0. The van der Waals surface area contributed by atoms with Gasteiger partial charge in [-0.05, 0) is 50.7 Å². The van der Waals surface area contributed by atoms with Crippen LogP contribution in [0.2, 0.25) is 0 Å². The highest BCUT2D eigenvalue weighted by Gasteiger charge is 2.33. The van der Waals surface area contributed by atoms with E-state index in [-0.39, 0.29) is 0 Å². The highest BCUT2D eigenvalue weighted by Crippen LogP contribution is 2.39. The fourth-order valence-electron chi connectivity index (χ4n) is 2.29. The van der Waals surface area contributed by atoms with E-state index in [4.69, 9.17) is 0 Å². The maximum Gasteiger partial charge on any atom is 0.176 e. The van der Waals surface area contributed by atoms with E-state index in [1.54, 1.807) is 12.4 Å². The van der Waals surface area contributed by atoms with Gasteiger partial charge >= 0.3 is 0 Å². The molecule has 0 fully saturated rings. The molecule has 0 spiro atoms. The van der Waals surface area contributed by atoms with Gasteiger partial charge in [0, 0.05) is 32.2 Å². The van der Waals surface area contributed by atoms with Crippen LogP contribution in [0.15, 0.2) is 29.0 Å². The second kappa shape index (κ2) is 10.1. The molecule has 0 bridgehead atoms. The highest BCUT2D eigenvalue weighted by atomic mass is 127. The van der Waals surface area contributed by atoms with Gasteiger partial charge < -0.3 is 4.90 Å². The summed E-state index contributed by atoms with van der Waals surface area (Å²) < 4.78 is 106. The van der Waals surface area contributed by atoms with E-state index in [0.717, 1.165) is 22.6 Å². The zero-order valence-corrected chi connectivity index (χ0v) is 19.2. The van der Waals surface area contributed by atoms with E-state index in [0.29, 0.717) is 0 Å². The van der Waals surface area contributed by atoms with Gasteiger partial charge in [0.05, 0.1) is 19.2 Å². The molecule has 0 saturated heterocycles. The summed E-state index contributed by atoms with van der Waals surface area (Å²) in [6.07, 6.45) is 3.57. The Balaban J connectivity index is 0.000000316. The SMILES string of the molecule is CN(C)c1ccncc1.Fc1c(F)c(-c2c(F)c(F)c(I)c(F)c2F)c(F)c(F)c1Br. The third-order valence-electron chi connectivity index (χ3n) is 3.85. The predicted molar refractivity (Wildman–Crippen MR) is 111 cm³/mol. The minimum atomic E-state index is -2.21. The fourth-order valence-corrected chi connectivity index (χ4v) is 3.11. The van der Waals surface area contributed by atoms with Crippen LogP contribution >= 0.6 is 38.5 Å². The monoisotopic (exact) mass is 624 g/mol. The topological polar surface area (TPSA) is 16.1 Å². The third kappa shape index (κ3) is 4.94. The molecule has 3 aromatic rings. The van der Waals surface area contributed by atoms with Gasteiger partial charge in [-0.1, -0.05) is 0 Å². The van der Waals surface area contributed by atoms with Crippen LogP contribution in [-0.2, 0) is 0 Å². The predicted octanol–water partition coefficient (Wildman–Crippen LogP) is 6.98. The van der Waals surface area contributed by atoms with Gasteiger partial charge in [0.2, 0.25) is 0 Å². The van der Waals surface area contributed by atoms with Crippen LogP contribution in [0.3, 0.4) is 0 Å². The molecular weight excluding hydrogens is 615 g/mol. The average molecular weight is 625 g/mol. The maximum absolute atomic E-state index is 13.7. The van der Waals surface area contributed by atoms with E-state index in [1.807, 2.05) is 31.1 Å². The molecule has 31 heavy (non-hydrogen) atoms. The van der Waals surface area contributed by atoms with E-state index < -0.39 is 65.7 Å². The van der Waals surface area contributed by atoms with Gasteiger partial charge in [0.15, 0.2) is 46.5 Å². The molecule has 0 unspecified atom stereocenters. The molecule has 0 saturated carbocycles. The summed E-state index contributed by atoms with van der Waals surface area (Å²) in [6, 6.07) is 3.94. The highest BCUT2D eigenvalue weighted by molar-refractivity contribution is 14.1. The number of rotatable bonds is 2. The molecule has 166 valence electrons. The van der Waals surface area contributed by atoms with Crippen molar-refractivity contribution in [1.82, 2.24) is 4.98 Å². The van der Waals surface area contributed by atoms with Crippen LogP contribution in [-0.4, -0.2) is 19.1 Å². The van der Waals surface area contributed by atoms with Crippen LogP contribution in [0, 0.1) is 50.1 Å². The normalized spacial score (nSPS) is 10.6. The molecule has 0 aliphatic carbocycles. The second-order valence-corrected chi connectivity index (χ2v) is 7.86. The van der Waals surface area contributed by atoms with Gasteiger partial charge in [-0.15, -0.1) is 0 Å². The first-order valence-electron chi connectivity index (χ1n) is 8.02. The Morgan fingerprint density at radius 2 is 1.03 bits per heavy atom. The van der Waals surface area contributed by atoms with E-state index in [2.05, 4.69) is 20.9 Å². The Kier molecular flexibility index (Phi) is 8.25. The van der Waals surface area contributed by atoms with Crippen molar-refractivity contribution in [2.45, 2.75) is 0 Å². The van der Waals surface area contributed by atoms with Gasteiger partial charge in [0.25, 0.3) is 0 Å². The summed E-state index contributed by atoms with van der Waals surface area (Å²) >= 11 is 3.12. The fraction of sp³-hybridized carbons (Fsp3) is 0.105. The van der Waals surface area contributed by atoms with E-state index in [1.165, 1.54) is 5.69 Å². The number of halogens is 10. The van der Waals surface area contributed by atoms with E-state index >= 15 is 0 Å². The van der Waals surface area contributed by atoms with Gasteiger partial charge in [-0.25, -0.2) is 35.1 Å². The van der Waals surface area contributed by atoms with Crippen molar-refractivity contribution >= 4 is 44.2 Å². The number of hydrogen-bond acceptors (Lipinski definition) is 2. The molecule has 0 aliphatic rings. The van der Waals surface area contributed by atoms with Crippen molar-refractivity contribution in [3.05, 3.63) is 79.1 Å². The summed E-state index contributed by atoms with van der Waals surface area (Å²) in [4.78, 5) is 5.94. The first-order valence-corrected chi connectivity index (χ1v) is 9.89. The molecule has 0 amide bonds. The van der Waals surface area contributed by atoms with Crippen LogP contribution in [0.5, 0.6) is 0 Å². The lowest BCUT2D eigenvalue weighted by Crippen LogP contribution is -2.08. The number of aromatic nitrogens is 1. The van der Waals surface area contributed by atoms with Crippen molar-refractivity contribution in [2.75, 3.05) is 19.0 Å². The average Bonchev–Trinajstić information content (AvgIpc) is 2.77. The molecule has 0 radical (unpaired) electrons. The second-order valence-electron chi connectivity index (χ2n) is 5.99. The van der Waals surface area contributed by atoms with Crippen molar-refractivity contribution < 1.29 is 35.1 Å². The molecule has 0 atom stereocenters. The number of nitrogens with zero attached hydrogens (tertiary/aromatic N) is 2. The largest absolute Gasteiger partial charge is 0.378 e. The molecule has 1 aromatic heterocycles. The summed E-state index contributed by atoms with van der Waals surface area (Å²) in [5.41, 5.74) is -2.58. The number of anilines is 1. The molecule has 3 rings (SSSR count). The van der Waals surface area contributed by atoms with Gasteiger partial charge in [0.1, 0.15) is 0 Å². The molecule has 1 heterocycles. The van der Waals surface area contributed by atoms with Crippen LogP contribution in [0.1, 0.15) is 0 Å². The molecule has 2 aromatic carbocycles. The van der Waals surface area contributed by atoms with Crippen LogP contribution in [0.25, 0.3) is 11.1 Å². The Morgan fingerprint density at radius 3 is 1.35 bits per heavy atom. The molecular formula is C19H10BrF8IN2. The summed E-state index contributed by atoms with van der Waals surface area (Å²) in [7, 11) is 4.02. The lowest BCUT2D eigenvalue weighted by molar-refractivity contribution is 0.434. The summed E-state index contributed by atoms with van der Waals surface area (Å²) in [5.74, 6) is -16.7. The minimum absolute atomic E-state index is 0.919. The quantitative estimate of drug-likeness (QED) is 0.132. The first-order chi connectivity index (χ1) is 14.4. The lowest BCUT2D eigenvalue weighted by Gasteiger charge is -2.12. The summed E-state index contributed by atoms with van der Waals surface area (Å²) in [6.45, 7) is 0. The Labute approximate surface area is 193 Å². The molecule has 2 nitrogen and oxygen atoms in total.